The number of benzene rings is 1. The van der Waals surface area contributed by atoms with Crippen molar-refractivity contribution in [2.24, 2.45) is 7.05 Å². The van der Waals surface area contributed by atoms with Crippen LogP contribution in [-0.2, 0) is 11.8 Å². The molecule has 0 spiro atoms. The number of hydrogen-bond acceptors (Lipinski definition) is 4. The van der Waals surface area contributed by atoms with Crippen molar-refractivity contribution in [3.63, 3.8) is 0 Å². The fraction of sp³-hybridized carbons (Fsp3) is 0.474. The summed E-state index contributed by atoms with van der Waals surface area (Å²) in [5.74, 6) is -0.0849. The van der Waals surface area contributed by atoms with Crippen LogP contribution in [0.4, 0.5) is 0 Å². The van der Waals surface area contributed by atoms with Crippen molar-refractivity contribution in [2.75, 3.05) is 39.4 Å². The summed E-state index contributed by atoms with van der Waals surface area (Å²) in [5.41, 5.74) is 4.91. The van der Waals surface area contributed by atoms with Crippen LogP contribution in [-0.4, -0.2) is 60.0 Å². The molecule has 0 unspecified atom stereocenters. The van der Waals surface area contributed by atoms with Crippen LogP contribution in [0.5, 0.6) is 0 Å². The Morgan fingerprint density at radius 3 is 2.68 bits per heavy atom. The van der Waals surface area contributed by atoms with Crippen LogP contribution in [0.3, 0.4) is 0 Å². The number of nitrogens with one attached hydrogen (secondary N) is 1. The lowest BCUT2D eigenvalue weighted by molar-refractivity contribution is 0.0383. The lowest BCUT2D eigenvalue weighted by Gasteiger charge is -2.26. The molecule has 0 atom stereocenters. The third-order valence-electron chi connectivity index (χ3n) is 4.73. The molecule has 0 radical (unpaired) electrons. The van der Waals surface area contributed by atoms with Crippen molar-refractivity contribution in [2.45, 2.75) is 13.8 Å². The third kappa shape index (κ3) is 4.27. The van der Waals surface area contributed by atoms with E-state index in [4.69, 9.17) is 4.74 Å². The van der Waals surface area contributed by atoms with Gasteiger partial charge in [-0.3, -0.25) is 14.4 Å². The summed E-state index contributed by atoms with van der Waals surface area (Å²) in [7, 11) is 1.81. The van der Waals surface area contributed by atoms with Gasteiger partial charge in [-0.05, 0) is 37.1 Å². The zero-order valence-corrected chi connectivity index (χ0v) is 15.2. The number of carbonyl (C=O) groups is 1. The van der Waals surface area contributed by atoms with Gasteiger partial charge in [-0.1, -0.05) is 12.1 Å². The first-order chi connectivity index (χ1) is 12.0. The van der Waals surface area contributed by atoms with Crippen molar-refractivity contribution in [1.29, 1.82) is 0 Å². The minimum absolute atomic E-state index is 0.0849. The summed E-state index contributed by atoms with van der Waals surface area (Å²) in [6.07, 6.45) is 0. The van der Waals surface area contributed by atoms with Gasteiger partial charge in [0.05, 0.1) is 18.9 Å². The van der Waals surface area contributed by atoms with E-state index in [1.807, 2.05) is 12.1 Å². The molecule has 134 valence electrons. The van der Waals surface area contributed by atoms with Gasteiger partial charge in [0.1, 0.15) is 5.69 Å². The molecular formula is C19H26N4O2. The number of amides is 1. The van der Waals surface area contributed by atoms with Gasteiger partial charge < -0.3 is 10.1 Å². The van der Waals surface area contributed by atoms with E-state index in [9.17, 15) is 4.79 Å². The molecule has 1 aromatic heterocycles. The van der Waals surface area contributed by atoms with E-state index in [1.165, 1.54) is 11.1 Å². The molecule has 1 aliphatic heterocycles. The molecule has 6 nitrogen and oxygen atoms in total. The van der Waals surface area contributed by atoms with Crippen LogP contribution in [0.25, 0.3) is 11.3 Å². The molecule has 1 N–H and O–H groups in total. The molecule has 2 aromatic rings. The van der Waals surface area contributed by atoms with E-state index in [0.717, 1.165) is 44.1 Å². The number of rotatable bonds is 5. The highest BCUT2D eigenvalue weighted by Gasteiger charge is 2.15. The Balaban J connectivity index is 1.62. The number of ether oxygens (including phenoxy) is 1. The molecule has 1 aliphatic rings. The Hall–Kier alpha value is -2.18. The van der Waals surface area contributed by atoms with Crippen molar-refractivity contribution in [1.82, 2.24) is 20.0 Å². The quantitative estimate of drug-likeness (QED) is 0.900. The van der Waals surface area contributed by atoms with Gasteiger partial charge in [-0.25, -0.2) is 0 Å². The van der Waals surface area contributed by atoms with Gasteiger partial charge in [0.25, 0.3) is 5.91 Å². The molecule has 1 fully saturated rings. The molecule has 1 saturated heterocycles. The van der Waals surface area contributed by atoms with Gasteiger partial charge in [0.2, 0.25) is 0 Å². The third-order valence-corrected chi connectivity index (χ3v) is 4.73. The Kier molecular flexibility index (Phi) is 5.50. The van der Waals surface area contributed by atoms with Crippen LogP contribution in [0.15, 0.2) is 24.3 Å². The van der Waals surface area contributed by atoms with Crippen LogP contribution in [0.1, 0.15) is 21.6 Å². The summed E-state index contributed by atoms with van der Waals surface area (Å²) >= 11 is 0. The first kappa shape index (κ1) is 17.6. The maximum atomic E-state index is 12.5. The summed E-state index contributed by atoms with van der Waals surface area (Å²) in [5, 5.41) is 7.49. The predicted molar refractivity (Wildman–Crippen MR) is 97.7 cm³/mol. The molecule has 2 heterocycles. The standard InChI is InChI=1S/C19H26N4O2/c1-14-4-5-16(12-15(14)2)17-13-18(22(3)21-17)19(24)20-6-7-23-8-10-25-11-9-23/h4-5,12-13H,6-11H2,1-3H3,(H,20,24). The second kappa shape index (κ2) is 7.80. The molecule has 25 heavy (non-hydrogen) atoms. The highest BCUT2D eigenvalue weighted by Crippen LogP contribution is 2.21. The number of carbonyl (C=O) groups excluding carboxylic acids is 1. The van der Waals surface area contributed by atoms with E-state index in [-0.39, 0.29) is 5.91 Å². The Labute approximate surface area is 148 Å². The summed E-state index contributed by atoms with van der Waals surface area (Å²) < 4.78 is 6.98. The highest BCUT2D eigenvalue weighted by molar-refractivity contribution is 5.93. The maximum Gasteiger partial charge on any atom is 0.269 e. The summed E-state index contributed by atoms with van der Waals surface area (Å²) in [6, 6.07) is 8.10. The van der Waals surface area contributed by atoms with Gasteiger partial charge in [-0.2, -0.15) is 5.10 Å². The van der Waals surface area contributed by atoms with E-state index < -0.39 is 0 Å². The zero-order chi connectivity index (χ0) is 17.8. The van der Waals surface area contributed by atoms with E-state index in [2.05, 4.69) is 41.3 Å². The second-order valence-electron chi connectivity index (χ2n) is 6.55. The lowest BCUT2D eigenvalue weighted by atomic mass is 10.0. The normalized spacial score (nSPS) is 15.3. The minimum atomic E-state index is -0.0849. The monoisotopic (exact) mass is 342 g/mol. The Bertz CT molecular complexity index is 748. The fourth-order valence-electron chi connectivity index (χ4n) is 2.96. The number of aryl methyl sites for hydroxylation is 3. The van der Waals surface area contributed by atoms with Gasteiger partial charge in [-0.15, -0.1) is 0 Å². The topological polar surface area (TPSA) is 59.4 Å². The van der Waals surface area contributed by atoms with E-state index in [0.29, 0.717) is 12.2 Å². The lowest BCUT2D eigenvalue weighted by Crippen LogP contribution is -2.41. The van der Waals surface area contributed by atoms with Crippen LogP contribution in [0, 0.1) is 13.8 Å². The first-order valence-electron chi connectivity index (χ1n) is 8.74. The van der Waals surface area contributed by atoms with Crippen molar-refractivity contribution in [3.05, 3.63) is 41.1 Å². The van der Waals surface area contributed by atoms with Crippen LogP contribution in [0.2, 0.25) is 0 Å². The molecule has 0 saturated carbocycles. The molecule has 1 amide bonds. The minimum Gasteiger partial charge on any atom is -0.379 e. The largest absolute Gasteiger partial charge is 0.379 e. The molecular weight excluding hydrogens is 316 g/mol. The van der Waals surface area contributed by atoms with Gasteiger partial charge in [0.15, 0.2) is 0 Å². The number of hydrogen-bond donors (Lipinski definition) is 1. The zero-order valence-electron chi connectivity index (χ0n) is 15.2. The Morgan fingerprint density at radius 2 is 1.96 bits per heavy atom. The number of aromatic nitrogens is 2. The molecule has 1 aromatic carbocycles. The first-order valence-corrected chi connectivity index (χ1v) is 8.74. The van der Waals surface area contributed by atoms with Crippen LogP contribution >= 0.6 is 0 Å². The van der Waals surface area contributed by atoms with Crippen molar-refractivity contribution >= 4 is 5.91 Å². The second-order valence-corrected chi connectivity index (χ2v) is 6.55. The summed E-state index contributed by atoms with van der Waals surface area (Å²) in [4.78, 5) is 14.8. The van der Waals surface area contributed by atoms with Crippen molar-refractivity contribution in [3.8, 4) is 11.3 Å². The number of nitrogens with zero attached hydrogens (tertiary/aromatic N) is 3. The maximum absolute atomic E-state index is 12.5. The fourth-order valence-corrected chi connectivity index (χ4v) is 2.96. The molecule has 0 aliphatic carbocycles. The highest BCUT2D eigenvalue weighted by atomic mass is 16.5. The number of morpholine rings is 1. The van der Waals surface area contributed by atoms with E-state index in [1.54, 1.807) is 11.7 Å². The average Bonchev–Trinajstić information content (AvgIpc) is 3.00. The average molecular weight is 342 g/mol. The summed E-state index contributed by atoms with van der Waals surface area (Å²) in [6.45, 7) is 9.05. The van der Waals surface area contributed by atoms with Crippen LogP contribution < -0.4 is 5.32 Å². The molecule has 6 heteroatoms. The SMILES string of the molecule is Cc1ccc(-c2cc(C(=O)NCCN3CCOCC3)n(C)n2)cc1C. The predicted octanol–water partition coefficient (Wildman–Crippen LogP) is 1.77. The Morgan fingerprint density at radius 1 is 1.20 bits per heavy atom. The molecule has 3 rings (SSSR count). The van der Waals surface area contributed by atoms with Crippen molar-refractivity contribution < 1.29 is 9.53 Å². The smallest absolute Gasteiger partial charge is 0.269 e. The van der Waals surface area contributed by atoms with E-state index >= 15 is 0 Å². The molecule has 0 bridgehead atoms. The van der Waals surface area contributed by atoms with Gasteiger partial charge in [0, 0.05) is 38.8 Å². The van der Waals surface area contributed by atoms with Gasteiger partial charge >= 0.3 is 0 Å².